The number of likely N-dealkylation sites (tertiary alicyclic amines) is 1. The van der Waals surface area contributed by atoms with Gasteiger partial charge in [0.2, 0.25) is 0 Å². The summed E-state index contributed by atoms with van der Waals surface area (Å²) in [5.41, 5.74) is 1.15. The van der Waals surface area contributed by atoms with Crippen molar-refractivity contribution >= 4 is 5.97 Å². The summed E-state index contributed by atoms with van der Waals surface area (Å²) in [7, 11) is 1.47. The third-order valence-corrected chi connectivity index (χ3v) is 4.06. The lowest BCUT2D eigenvalue weighted by Gasteiger charge is -2.34. The Labute approximate surface area is 109 Å². The first kappa shape index (κ1) is 13.1. The van der Waals surface area contributed by atoms with Gasteiger partial charge in [0.05, 0.1) is 13.0 Å². The topological polar surface area (TPSA) is 29.5 Å². The fraction of sp³-hybridized carbons (Fsp3) is 0.533. The fourth-order valence-corrected chi connectivity index (χ4v) is 2.78. The average Bonchev–Trinajstić information content (AvgIpc) is 2.65. The van der Waals surface area contributed by atoms with Gasteiger partial charge in [0.25, 0.3) is 0 Å². The van der Waals surface area contributed by atoms with E-state index in [0.717, 1.165) is 19.5 Å². The highest BCUT2D eigenvalue weighted by Gasteiger charge is 2.45. The molecule has 0 aliphatic carbocycles. The normalized spacial score (nSPS) is 22.9. The molecule has 98 valence electrons. The molecule has 0 bridgehead atoms. The number of hydrogen-bond acceptors (Lipinski definition) is 3. The molecule has 3 heteroatoms. The molecule has 1 aromatic carbocycles. The zero-order chi connectivity index (χ0) is 13.2. The van der Waals surface area contributed by atoms with E-state index < -0.39 is 0 Å². The van der Waals surface area contributed by atoms with Crippen LogP contribution in [0.15, 0.2) is 30.3 Å². The van der Waals surface area contributed by atoms with Gasteiger partial charge in [0, 0.05) is 12.1 Å². The predicted octanol–water partition coefficient (Wildman–Crippen LogP) is 2.46. The number of rotatable bonds is 3. The fourth-order valence-electron chi connectivity index (χ4n) is 2.78. The Morgan fingerprint density at radius 3 is 2.67 bits per heavy atom. The smallest absolute Gasteiger partial charge is 0.310 e. The maximum absolute atomic E-state index is 11.8. The SMILES string of the molecule is COC(=O)C1CCN(Cc2ccccc2)C1(C)C. The molecule has 1 heterocycles. The van der Waals surface area contributed by atoms with Crippen molar-refractivity contribution in [2.24, 2.45) is 5.92 Å². The molecule has 0 N–H and O–H groups in total. The van der Waals surface area contributed by atoms with Crippen LogP contribution in [0.1, 0.15) is 25.8 Å². The van der Waals surface area contributed by atoms with Crippen molar-refractivity contribution in [3.05, 3.63) is 35.9 Å². The number of carbonyl (C=O) groups is 1. The summed E-state index contributed by atoms with van der Waals surface area (Å²) in [5.74, 6) is -0.109. The molecule has 0 radical (unpaired) electrons. The summed E-state index contributed by atoms with van der Waals surface area (Å²) in [4.78, 5) is 14.1. The molecule has 1 saturated heterocycles. The lowest BCUT2D eigenvalue weighted by Crippen LogP contribution is -2.44. The van der Waals surface area contributed by atoms with Gasteiger partial charge in [0.1, 0.15) is 0 Å². The number of carbonyl (C=O) groups excluding carboxylic acids is 1. The second kappa shape index (κ2) is 5.11. The van der Waals surface area contributed by atoms with E-state index in [1.54, 1.807) is 0 Å². The molecule has 2 rings (SSSR count). The number of hydrogen-bond donors (Lipinski definition) is 0. The molecular weight excluding hydrogens is 226 g/mol. The van der Waals surface area contributed by atoms with Crippen LogP contribution in [0, 0.1) is 5.92 Å². The van der Waals surface area contributed by atoms with E-state index in [9.17, 15) is 4.79 Å². The number of methoxy groups -OCH3 is 1. The van der Waals surface area contributed by atoms with Crippen molar-refractivity contribution < 1.29 is 9.53 Å². The van der Waals surface area contributed by atoms with E-state index in [0.29, 0.717) is 0 Å². The highest BCUT2D eigenvalue weighted by Crippen LogP contribution is 2.36. The number of ether oxygens (including phenoxy) is 1. The Morgan fingerprint density at radius 1 is 1.39 bits per heavy atom. The van der Waals surface area contributed by atoms with Crippen LogP contribution < -0.4 is 0 Å². The van der Waals surface area contributed by atoms with Gasteiger partial charge in [-0.15, -0.1) is 0 Å². The van der Waals surface area contributed by atoms with Crippen LogP contribution in [-0.2, 0) is 16.1 Å². The van der Waals surface area contributed by atoms with Crippen molar-refractivity contribution in [1.29, 1.82) is 0 Å². The van der Waals surface area contributed by atoms with Gasteiger partial charge >= 0.3 is 5.97 Å². The van der Waals surface area contributed by atoms with Gasteiger partial charge in [-0.05, 0) is 32.4 Å². The first-order chi connectivity index (χ1) is 8.55. The van der Waals surface area contributed by atoms with Crippen molar-refractivity contribution in [2.75, 3.05) is 13.7 Å². The van der Waals surface area contributed by atoms with Crippen LogP contribution in [-0.4, -0.2) is 30.1 Å². The molecule has 0 saturated carbocycles. The third-order valence-electron chi connectivity index (χ3n) is 4.06. The molecule has 18 heavy (non-hydrogen) atoms. The van der Waals surface area contributed by atoms with Crippen molar-refractivity contribution in [2.45, 2.75) is 32.4 Å². The molecule has 1 aliphatic heterocycles. The predicted molar refractivity (Wildman–Crippen MR) is 71.1 cm³/mol. The lowest BCUT2D eigenvalue weighted by atomic mass is 9.88. The van der Waals surface area contributed by atoms with Crippen LogP contribution in [0.5, 0.6) is 0 Å². The second-order valence-electron chi connectivity index (χ2n) is 5.43. The van der Waals surface area contributed by atoms with Gasteiger partial charge in [-0.3, -0.25) is 9.69 Å². The highest BCUT2D eigenvalue weighted by molar-refractivity contribution is 5.74. The summed E-state index contributed by atoms with van der Waals surface area (Å²) >= 11 is 0. The van der Waals surface area contributed by atoms with Crippen LogP contribution in [0.4, 0.5) is 0 Å². The van der Waals surface area contributed by atoms with Gasteiger partial charge in [-0.1, -0.05) is 30.3 Å². The van der Waals surface area contributed by atoms with Crippen LogP contribution in [0.25, 0.3) is 0 Å². The van der Waals surface area contributed by atoms with E-state index in [1.807, 2.05) is 6.07 Å². The van der Waals surface area contributed by atoms with Crippen LogP contribution >= 0.6 is 0 Å². The Bertz CT molecular complexity index is 414. The first-order valence-electron chi connectivity index (χ1n) is 6.42. The minimum absolute atomic E-state index is 0.0220. The van der Waals surface area contributed by atoms with Crippen molar-refractivity contribution in [3.8, 4) is 0 Å². The zero-order valence-electron chi connectivity index (χ0n) is 11.3. The van der Waals surface area contributed by atoms with Gasteiger partial charge in [0.15, 0.2) is 0 Å². The van der Waals surface area contributed by atoms with E-state index in [4.69, 9.17) is 4.74 Å². The van der Waals surface area contributed by atoms with Crippen LogP contribution in [0.3, 0.4) is 0 Å². The third kappa shape index (κ3) is 2.41. The van der Waals surface area contributed by atoms with E-state index in [-0.39, 0.29) is 17.4 Å². The van der Waals surface area contributed by atoms with Gasteiger partial charge < -0.3 is 4.74 Å². The summed E-state index contributed by atoms with van der Waals surface area (Å²) in [6, 6.07) is 10.4. The average molecular weight is 247 g/mol. The molecule has 1 atom stereocenters. The number of benzene rings is 1. The maximum atomic E-state index is 11.8. The Morgan fingerprint density at radius 2 is 2.06 bits per heavy atom. The molecule has 1 aromatic rings. The standard InChI is InChI=1S/C15H21NO2/c1-15(2)13(14(17)18-3)9-10-16(15)11-12-7-5-4-6-8-12/h4-8,13H,9-11H2,1-3H3. The number of esters is 1. The monoisotopic (exact) mass is 247 g/mol. The molecule has 0 aromatic heterocycles. The number of nitrogens with zero attached hydrogens (tertiary/aromatic N) is 1. The van der Waals surface area contributed by atoms with Crippen LogP contribution in [0.2, 0.25) is 0 Å². The Hall–Kier alpha value is -1.35. The Kier molecular flexibility index (Phi) is 3.71. The quantitative estimate of drug-likeness (QED) is 0.768. The van der Waals surface area contributed by atoms with Crippen molar-refractivity contribution in [3.63, 3.8) is 0 Å². The summed E-state index contributed by atoms with van der Waals surface area (Å²) in [5, 5.41) is 0. The molecule has 0 spiro atoms. The minimum atomic E-state index is -0.136. The second-order valence-corrected chi connectivity index (χ2v) is 5.43. The molecule has 1 aliphatic rings. The van der Waals surface area contributed by atoms with E-state index in [1.165, 1.54) is 12.7 Å². The lowest BCUT2D eigenvalue weighted by molar-refractivity contribution is -0.148. The van der Waals surface area contributed by atoms with E-state index in [2.05, 4.69) is 43.0 Å². The largest absolute Gasteiger partial charge is 0.469 e. The molecule has 0 amide bonds. The molecule has 1 fully saturated rings. The van der Waals surface area contributed by atoms with Gasteiger partial charge in [-0.2, -0.15) is 0 Å². The highest BCUT2D eigenvalue weighted by atomic mass is 16.5. The molecule has 3 nitrogen and oxygen atoms in total. The minimum Gasteiger partial charge on any atom is -0.469 e. The Balaban J connectivity index is 2.10. The van der Waals surface area contributed by atoms with E-state index >= 15 is 0 Å². The molecule has 1 unspecified atom stereocenters. The molecular formula is C15H21NO2. The summed E-state index contributed by atoms with van der Waals surface area (Å²) < 4.78 is 4.90. The van der Waals surface area contributed by atoms with Crippen molar-refractivity contribution in [1.82, 2.24) is 4.90 Å². The maximum Gasteiger partial charge on any atom is 0.310 e. The first-order valence-corrected chi connectivity index (χ1v) is 6.42. The summed E-state index contributed by atoms with van der Waals surface area (Å²) in [6.45, 7) is 6.10. The van der Waals surface area contributed by atoms with Gasteiger partial charge in [-0.25, -0.2) is 0 Å². The zero-order valence-corrected chi connectivity index (χ0v) is 11.3. The summed E-state index contributed by atoms with van der Waals surface area (Å²) in [6.07, 6.45) is 0.881.